The molecule has 0 aliphatic carbocycles. The topological polar surface area (TPSA) is 30.5 Å². The first-order valence-corrected chi connectivity index (χ1v) is 7.27. The van der Waals surface area contributed by atoms with Crippen molar-refractivity contribution in [2.24, 2.45) is 5.41 Å². The van der Waals surface area contributed by atoms with E-state index in [1.807, 2.05) is 13.1 Å². The van der Waals surface area contributed by atoms with Crippen molar-refractivity contribution in [2.45, 2.75) is 25.2 Å². The maximum atomic E-state index is 5.81. The van der Waals surface area contributed by atoms with Crippen LogP contribution in [0.3, 0.4) is 0 Å². The average molecular weight is 261 g/mol. The molecule has 1 aromatic carbocycles. The van der Waals surface area contributed by atoms with Crippen LogP contribution in [0, 0.1) is 5.41 Å². The van der Waals surface area contributed by atoms with Gasteiger partial charge in [0.25, 0.3) is 0 Å². The molecule has 0 aromatic heterocycles. The van der Waals surface area contributed by atoms with Crippen molar-refractivity contribution >= 4 is 0 Å². The van der Waals surface area contributed by atoms with E-state index in [1.54, 1.807) is 0 Å². The van der Waals surface area contributed by atoms with E-state index in [2.05, 4.69) is 23.5 Å². The summed E-state index contributed by atoms with van der Waals surface area (Å²) >= 11 is 0. The van der Waals surface area contributed by atoms with E-state index in [-0.39, 0.29) is 5.41 Å². The molecule has 2 aliphatic heterocycles. The minimum absolute atomic E-state index is 0.276. The number of fused-ring (bicyclic) bond motifs is 1. The summed E-state index contributed by atoms with van der Waals surface area (Å²) in [6.45, 7) is 3.66. The summed E-state index contributed by atoms with van der Waals surface area (Å²) in [6.07, 6.45) is 3.59. The van der Waals surface area contributed by atoms with E-state index in [0.29, 0.717) is 5.92 Å². The van der Waals surface area contributed by atoms with Crippen LogP contribution >= 0.6 is 0 Å². The van der Waals surface area contributed by atoms with E-state index in [1.165, 1.54) is 18.4 Å². The Morgan fingerprint density at radius 2 is 2.26 bits per heavy atom. The lowest BCUT2D eigenvalue weighted by Gasteiger charge is -2.38. The summed E-state index contributed by atoms with van der Waals surface area (Å²) in [7, 11) is 2.04. The third-order valence-electron chi connectivity index (χ3n) is 4.43. The van der Waals surface area contributed by atoms with Crippen molar-refractivity contribution in [1.82, 2.24) is 5.32 Å². The highest BCUT2D eigenvalue weighted by atomic mass is 16.5. The molecule has 2 aliphatic rings. The molecular formula is C16H23NO2. The van der Waals surface area contributed by atoms with Gasteiger partial charge in [-0.15, -0.1) is 0 Å². The molecule has 104 valence electrons. The molecule has 1 N–H and O–H groups in total. The van der Waals surface area contributed by atoms with Crippen LogP contribution in [0.25, 0.3) is 0 Å². The monoisotopic (exact) mass is 261 g/mol. The lowest BCUT2D eigenvalue weighted by molar-refractivity contribution is -0.0156. The minimum atomic E-state index is 0.276. The number of rotatable bonds is 4. The maximum absolute atomic E-state index is 5.81. The quantitative estimate of drug-likeness (QED) is 0.903. The third kappa shape index (κ3) is 2.63. The highest BCUT2D eigenvalue weighted by Gasteiger charge is 2.37. The van der Waals surface area contributed by atoms with Gasteiger partial charge in [-0.2, -0.15) is 0 Å². The zero-order chi connectivity index (χ0) is 13.1. The first-order valence-electron chi connectivity index (χ1n) is 7.27. The van der Waals surface area contributed by atoms with Gasteiger partial charge in [0.1, 0.15) is 5.75 Å². The highest BCUT2D eigenvalue weighted by Crippen LogP contribution is 2.43. The Hall–Kier alpha value is -1.06. The van der Waals surface area contributed by atoms with Crippen LogP contribution in [0.5, 0.6) is 5.75 Å². The molecule has 3 nitrogen and oxygen atoms in total. The van der Waals surface area contributed by atoms with E-state index < -0.39 is 0 Å². The van der Waals surface area contributed by atoms with E-state index in [0.717, 1.165) is 38.5 Å². The Bertz CT molecular complexity index is 421. The van der Waals surface area contributed by atoms with Crippen LogP contribution in [0.2, 0.25) is 0 Å². The predicted molar refractivity (Wildman–Crippen MR) is 75.7 cm³/mol. The van der Waals surface area contributed by atoms with Crippen molar-refractivity contribution < 1.29 is 9.47 Å². The van der Waals surface area contributed by atoms with E-state index in [4.69, 9.17) is 9.47 Å². The largest absolute Gasteiger partial charge is 0.493 e. The first kappa shape index (κ1) is 12.9. The number of nitrogens with one attached hydrogen (secondary N) is 1. The van der Waals surface area contributed by atoms with Gasteiger partial charge in [-0.25, -0.2) is 0 Å². The Balaban J connectivity index is 1.76. The van der Waals surface area contributed by atoms with E-state index in [9.17, 15) is 0 Å². The summed E-state index contributed by atoms with van der Waals surface area (Å²) < 4.78 is 11.6. The molecule has 1 aromatic rings. The summed E-state index contributed by atoms with van der Waals surface area (Å²) in [5.41, 5.74) is 1.65. The molecule has 1 saturated heterocycles. The normalized spacial score (nSPS) is 29.8. The van der Waals surface area contributed by atoms with Crippen LogP contribution in [0.1, 0.15) is 30.7 Å². The van der Waals surface area contributed by atoms with Crippen LogP contribution in [-0.4, -0.2) is 33.4 Å². The molecule has 2 unspecified atom stereocenters. The van der Waals surface area contributed by atoms with E-state index >= 15 is 0 Å². The van der Waals surface area contributed by atoms with Crippen LogP contribution < -0.4 is 10.1 Å². The molecule has 19 heavy (non-hydrogen) atoms. The minimum Gasteiger partial charge on any atom is -0.493 e. The summed E-state index contributed by atoms with van der Waals surface area (Å²) in [5, 5.41) is 3.36. The molecule has 3 heteroatoms. The Morgan fingerprint density at radius 1 is 1.37 bits per heavy atom. The lowest BCUT2D eigenvalue weighted by Crippen LogP contribution is -2.41. The average Bonchev–Trinajstić information content (AvgIpc) is 2.83. The van der Waals surface area contributed by atoms with Gasteiger partial charge in [-0.1, -0.05) is 18.2 Å². The molecule has 1 fully saturated rings. The number of hydrogen-bond acceptors (Lipinski definition) is 3. The summed E-state index contributed by atoms with van der Waals surface area (Å²) in [6, 6.07) is 8.46. The zero-order valence-electron chi connectivity index (χ0n) is 11.7. The molecule has 0 saturated carbocycles. The number of hydrogen-bond donors (Lipinski definition) is 1. The third-order valence-corrected chi connectivity index (χ3v) is 4.43. The van der Waals surface area contributed by atoms with Crippen LogP contribution in [0.4, 0.5) is 0 Å². The number of ether oxygens (including phenoxy) is 2. The van der Waals surface area contributed by atoms with Crippen molar-refractivity contribution in [3.05, 3.63) is 29.8 Å². The maximum Gasteiger partial charge on any atom is 0.122 e. The summed E-state index contributed by atoms with van der Waals surface area (Å²) in [4.78, 5) is 0. The van der Waals surface area contributed by atoms with Crippen molar-refractivity contribution in [2.75, 3.05) is 33.4 Å². The fourth-order valence-electron chi connectivity index (χ4n) is 3.58. The van der Waals surface area contributed by atoms with Gasteiger partial charge in [-0.3, -0.25) is 0 Å². The fourth-order valence-corrected chi connectivity index (χ4v) is 3.58. The van der Waals surface area contributed by atoms with Gasteiger partial charge in [0.15, 0.2) is 0 Å². The van der Waals surface area contributed by atoms with Crippen molar-refractivity contribution in [3.8, 4) is 5.75 Å². The summed E-state index contributed by atoms with van der Waals surface area (Å²) in [5.74, 6) is 1.59. The van der Waals surface area contributed by atoms with Gasteiger partial charge < -0.3 is 14.8 Å². The van der Waals surface area contributed by atoms with Crippen molar-refractivity contribution in [1.29, 1.82) is 0 Å². The second kappa shape index (κ2) is 5.51. The highest BCUT2D eigenvalue weighted by molar-refractivity contribution is 5.39. The molecular weight excluding hydrogens is 238 g/mol. The molecule has 2 heterocycles. The predicted octanol–water partition coefficient (Wildman–Crippen LogP) is 2.57. The van der Waals surface area contributed by atoms with Gasteiger partial charge in [0, 0.05) is 30.0 Å². The SMILES string of the molecule is CNCC1(CC2COc3ccccc32)CCCOC1. The van der Waals surface area contributed by atoms with Crippen LogP contribution in [0.15, 0.2) is 24.3 Å². The first-order chi connectivity index (χ1) is 9.33. The fraction of sp³-hybridized carbons (Fsp3) is 0.625. The van der Waals surface area contributed by atoms with Gasteiger partial charge in [-0.05, 0) is 32.4 Å². The molecule has 3 rings (SSSR count). The standard InChI is InChI=1S/C16H23NO2/c1-17-11-16(7-4-8-18-12-16)9-13-10-19-15-6-3-2-5-14(13)15/h2-3,5-6,13,17H,4,7-12H2,1H3. The molecule has 0 radical (unpaired) electrons. The zero-order valence-corrected chi connectivity index (χ0v) is 11.7. The van der Waals surface area contributed by atoms with Gasteiger partial charge in [0.05, 0.1) is 13.2 Å². The second-order valence-electron chi connectivity index (χ2n) is 5.94. The molecule has 0 amide bonds. The smallest absolute Gasteiger partial charge is 0.122 e. The Kier molecular flexibility index (Phi) is 3.76. The lowest BCUT2D eigenvalue weighted by atomic mass is 9.74. The Labute approximate surface area is 115 Å². The second-order valence-corrected chi connectivity index (χ2v) is 5.94. The van der Waals surface area contributed by atoms with Gasteiger partial charge in [0.2, 0.25) is 0 Å². The Morgan fingerprint density at radius 3 is 3.05 bits per heavy atom. The van der Waals surface area contributed by atoms with Crippen molar-refractivity contribution in [3.63, 3.8) is 0 Å². The number of para-hydroxylation sites is 1. The molecule has 0 bridgehead atoms. The van der Waals surface area contributed by atoms with Gasteiger partial charge >= 0.3 is 0 Å². The number of benzene rings is 1. The molecule has 2 atom stereocenters. The molecule has 0 spiro atoms. The van der Waals surface area contributed by atoms with Crippen LogP contribution in [-0.2, 0) is 4.74 Å².